The van der Waals surface area contributed by atoms with E-state index in [-0.39, 0.29) is 11.6 Å². The highest BCUT2D eigenvalue weighted by Gasteiger charge is 2.19. The molecule has 0 unspecified atom stereocenters. The minimum Gasteiger partial charge on any atom is -0.341 e. The van der Waals surface area contributed by atoms with Crippen LogP contribution < -0.4 is 5.32 Å². The minimum atomic E-state index is -0.495. The number of carbonyl (C=O) groups excluding carboxylic acids is 1. The molecule has 0 fully saturated rings. The fraction of sp³-hybridized carbons (Fsp3) is 0.174. The number of nitrogens with one attached hydrogen (secondary N) is 1. The number of nitrogens with zero attached hydrogens (tertiary/aromatic N) is 4. The van der Waals surface area contributed by atoms with Gasteiger partial charge in [0.2, 0.25) is 5.89 Å². The van der Waals surface area contributed by atoms with Gasteiger partial charge in [-0.1, -0.05) is 11.2 Å². The lowest BCUT2D eigenvalue weighted by Gasteiger charge is -2.13. The predicted octanol–water partition coefficient (Wildman–Crippen LogP) is 4.44. The van der Waals surface area contributed by atoms with Gasteiger partial charge in [-0.2, -0.15) is 4.98 Å². The second-order valence-corrected chi connectivity index (χ2v) is 7.23. The molecule has 0 aliphatic carbocycles. The molecule has 3 aromatic heterocycles. The maximum absolute atomic E-state index is 14.4. The zero-order chi connectivity index (χ0) is 22.0. The molecule has 1 amide bonds. The molecule has 1 aromatic carbocycles. The molecular formula is C23H20FN5O2. The second kappa shape index (κ2) is 8.43. The highest BCUT2D eigenvalue weighted by atomic mass is 19.1. The van der Waals surface area contributed by atoms with Crippen molar-refractivity contribution in [2.45, 2.75) is 26.8 Å². The molecule has 156 valence electrons. The van der Waals surface area contributed by atoms with Crippen LogP contribution in [0.2, 0.25) is 0 Å². The van der Waals surface area contributed by atoms with Crippen LogP contribution in [-0.4, -0.2) is 26.0 Å². The Morgan fingerprint density at radius 1 is 1.10 bits per heavy atom. The summed E-state index contributed by atoms with van der Waals surface area (Å²) in [4.78, 5) is 25.7. The number of aryl methyl sites for hydroxylation is 2. The van der Waals surface area contributed by atoms with Gasteiger partial charge in [-0.3, -0.25) is 14.8 Å². The molecule has 4 aromatic rings. The molecule has 0 aliphatic rings. The number of amides is 1. The summed E-state index contributed by atoms with van der Waals surface area (Å²) in [6, 6.07) is 11.2. The summed E-state index contributed by atoms with van der Waals surface area (Å²) in [6.45, 7) is 5.39. The molecule has 31 heavy (non-hydrogen) atoms. The van der Waals surface area contributed by atoms with Crippen molar-refractivity contribution in [1.29, 1.82) is 0 Å². The first-order valence-electron chi connectivity index (χ1n) is 9.71. The SMILES string of the molecule is Cc1ccc(-c2cc(C(=O)N[C@@H](C)c3nc(C)no3)cc(-c3ncccc3F)c2)nc1. The minimum absolute atomic E-state index is 0.158. The molecule has 8 heteroatoms. The number of aromatic nitrogens is 4. The molecule has 0 bridgehead atoms. The Morgan fingerprint density at radius 3 is 2.58 bits per heavy atom. The fourth-order valence-corrected chi connectivity index (χ4v) is 3.11. The van der Waals surface area contributed by atoms with Gasteiger partial charge in [0.25, 0.3) is 5.91 Å². The van der Waals surface area contributed by atoms with E-state index in [4.69, 9.17) is 4.52 Å². The third-order valence-electron chi connectivity index (χ3n) is 4.70. The van der Waals surface area contributed by atoms with Crippen molar-refractivity contribution < 1.29 is 13.7 Å². The number of benzene rings is 1. The number of hydrogen-bond acceptors (Lipinski definition) is 6. The van der Waals surface area contributed by atoms with E-state index in [2.05, 4.69) is 25.4 Å². The molecule has 0 saturated heterocycles. The summed E-state index contributed by atoms with van der Waals surface area (Å²) < 4.78 is 19.6. The zero-order valence-electron chi connectivity index (χ0n) is 17.3. The number of pyridine rings is 2. The van der Waals surface area contributed by atoms with Crippen molar-refractivity contribution >= 4 is 5.91 Å². The Hall–Kier alpha value is -3.94. The van der Waals surface area contributed by atoms with Crippen LogP contribution in [0.4, 0.5) is 4.39 Å². The van der Waals surface area contributed by atoms with Crippen molar-refractivity contribution in [1.82, 2.24) is 25.4 Å². The first-order chi connectivity index (χ1) is 14.9. The van der Waals surface area contributed by atoms with Crippen LogP contribution in [0.1, 0.15) is 40.6 Å². The van der Waals surface area contributed by atoms with Crippen molar-refractivity contribution in [3.05, 3.63) is 83.5 Å². The molecule has 0 saturated carbocycles. The van der Waals surface area contributed by atoms with Crippen LogP contribution in [0.3, 0.4) is 0 Å². The van der Waals surface area contributed by atoms with Crippen molar-refractivity contribution in [2.24, 2.45) is 0 Å². The molecule has 1 N–H and O–H groups in total. The van der Waals surface area contributed by atoms with E-state index in [0.29, 0.717) is 34.1 Å². The van der Waals surface area contributed by atoms with Crippen LogP contribution in [0.5, 0.6) is 0 Å². The molecule has 0 radical (unpaired) electrons. The normalized spacial score (nSPS) is 11.9. The van der Waals surface area contributed by atoms with Crippen LogP contribution in [0.15, 0.2) is 59.4 Å². The maximum atomic E-state index is 14.4. The van der Waals surface area contributed by atoms with E-state index in [1.807, 2.05) is 19.1 Å². The van der Waals surface area contributed by atoms with Crippen LogP contribution in [0, 0.1) is 19.7 Å². The molecule has 0 aliphatic heterocycles. The number of halogens is 1. The third-order valence-corrected chi connectivity index (χ3v) is 4.70. The number of carbonyl (C=O) groups is 1. The van der Waals surface area contributed by atoms with E-state index in [0.717, 1.165) is 5.56 Å². The van der Waals surface area contributed by atoms with Crippen LogP contribution >= 0.6 is 0 Å². The van der Waals surface area contributed by atoms with Gasteiger partial charge in [-0.05, 0) is 62.7 Å². The van der Waals surface area contributed by atoms with Gasteiger partial charge in [-0.25, -0.2) is 4.39 Å². The third kappa shape index (κ3) is 4.48. The number of rotatable bonds is 5. The second-order valence-electron chi connectivity index (χ2n) is 7.23. The Kier molecular flexibility index (Phi) is 5.53. The topological polar surface area (TPSA) is 93.8 Å². The smallest absolute Gasteiger partial charge is 0.251 e. The predicted molar refractivity (Wildman–Crippen MR) is 113 cm³/mol. The van der Waals surface area contributed by atoms with Gasteiger partial charge in [0.05, 0.1) is 5.69 Å². The van der Waals surface area contributed by atoms with Crippen molar-refractivity contribution in [3.8, 4) is 22.5 Å². The first-order valence-corrected chi connectivity index (χ1v) is 9.71. The van der Waals surface area contributed by atoms with Gasteiger partial charge in [-0.15, -0.1) is 0 Å². The first kappa shape index (κ1) is 20.3. The molecule has 3 heterocycles. The maximum Gasteiger partial charge on any atom is 0.251 e. The van der Waals surface area contributed by atoms with Crippen molar-refractivity contribution in [3.63, 3.8) is 0 Å². The average Bonchev–Trinajstić information content (AvgIpc) is 3.21. The lowest BCUT2D eigenvalue weighted by molar-refractivity contribution is 0.0932. The van der Waals surface area contributed by atoms with E-state index in [1.165, 1.54) is 18.3 Å². The van der Waals surface area contributed by atoms with Gasteiger partial charge < -0.3 is 9.84 Å². The Morgan fingerprint density at radius 2 is 1.90 bits per heavy atom. The molecule has 4 rings (SSSR count). The van der Waals surface area contributed by atoms with E-state index in [9.17, 15) is 9.18 Å². The quantitative estimate of drug-likeness (QED) is 0.516. The summed E-state index contributed by atoms with van der Waals surface area (Å²) in [6.07, 6.45) is 3.25. The van der Waals surface area contributed by atoms with E-state index in [1.54, 1.807) is 38.2 Å². The summed E-state index contributed by atoms with van der Waals surface area (Å²) in [5, 5.41) is 6.58. The molecule has 0 spiro atoms. The average molecular weight is 417 g/mol. The van der Waals surface area contributed by atoms with Gasteiger partial charge in [0.15, 0.2) is 5.82 Å². The van der Waals surface area contributed by atoms with E-state index >= 15 is 0 Å². The molecule has 1 atom stereocenters. The zero-order valence-corrected chi connectivity index (χ0v) is 17.3. The summed E-state index contributed by atoms with van der Waals surface area (Å²) >= 11 is 0. The lowest BCUT2D eigenvalue weighted by Crippen LogP contribution is -2.27. The number of hydrogen-bond donors (Lipinski definition) is 1. The summed E-state index contributed by atoms with van der Waals surface area (Å²) in [5.74, 6) is -0.0536. The standard InChI is InChI=1S/C23H20FN5O2/c1-13-6-7-20(26-12-13)16-9-17(21-19(24)5-4-8-25-21)11-18(10-16)22(30)27-14(2)23-28-15(3)29-31-23/h4-12,14H,1-3H3,(H,27,30)/t14-/m0/s1. The highest BCUT2D eigenvalue weighted by molar-refractivity contribution is 5.97. The Labute approximate surface area is 178 Å². The molecular weight excluding hydrogens is 397 g/mol. The van der Waals surface area contributed by atoms with Gasteiger partial charge in [0, 0.05) is 29.1 Å². The van der Waals surface area contributed by atoms with Gasteiger partial charge in [0.1, 0.15) is 17.6 Å². The van der Waals surface area contributed by atoms with Crippen molar-refractivity contribution in [2.75, 3.05) is 0 Å². The van der Waals surface area contributed by atoms with Gasteiger partial charge >= 0.3 is 0 Å². The van der Waals surface area contributed by atoms with E-state index < -0.39 is 11.9 Å². The lowest BCUT2D eigenvalue weighted by atomic mass is 9.99. The fourth-order valence-electron chi connectivity index (χ4n) is 3.11. The van der Waals surface area contributed by atoms with Crippen LogP contribution in [0.25, 0.3) is 22.5 Å². The van der Waals surface area contributed by atoms with Crippen LogP contribution in [-0.2, 0) is 0 Å². The Bertz CT molecular complexity index is 1240. The highest BCUT2D eigenvalue weighted by Crippen LogP contribution is 2.28. The molecule has 7 nitrogen and oxygen atoms in total. The summed E-state index contributed by atoms with van der Waals surface area (Å²) in [7, 11) is 0. The monoisotopic (exact) mass is 417 g/mol. The Balaban J connectivity index is 1.74. The summed E-state index contributed by atoms with van der Waals surface area (Å²) in [5.41, 5.74) is 3.32. The largest absolute Gasteiger partial charge is 0.341 e.